The molecule has 2 aromatic carbocycles. The van der Waals surface area contributed by atoms with Crippen molar-refractivity contribution in [2.24, 2.45) is 5.92 Å². The van der Waals surface area contributed by atoms with Crippen LogP contribution in [-0.4, -0.2) is 36.4 Å². The number of rotatable bonds is 6. The maximum Gasteiger partial charge on any atom is 0.387 e. The minimum absolute atomic E-state index is 0.0618. The number of nitrogens with one attached hydrogen (secondary N) is 1. The molecule has 1 N–H and O–H groups in total. The number of halogens is 2. The average Bonchev–Trinajstić information content (AvgIpc) is 2.73. The molecule has 1 heterocycles. The van der Waals surface area contributed by atoms with Crippen LogP contribution in [0.15, 0.2) is 60.7 Å². The van der Waals surface area contributed by atoms with Gasteiger partial charge in [-0.1, -0.05) is 30.3 Å². The molecule has 0 aromatic heterocycles. The number of hydrogen-bond acceptors (Lipinski definition) is 3. The average molecular weight is 400 g/mol. The third-order valence-corrected chi connectivity index (χ3v) is 4.67. The number of hydrogen-bond donors (Lipinski definition) is 1. The van der Waals surface area contributed by atoms with Crippen LogP contribution in [0.4, 0.5) is 14.5 Å². The number of alkyl halides is 2. The lowest BCUT2D eigenvalue weighted by Gasteiger charge is -2.31. The fraction of sp³-hybridized carbons (Fsp3) is 0.273. The van der Waals surface area contributed by atoms with Crippen LogP contribution in [0.1, 0.15) is 18.4 Å². The Hall–Kier alpha value is -3.22. The summed E-state index contributed by atoms with van der Waals surface area (Å²) < 4.78 is 28.6. The summed E-state index contributed by atoms with van der Waals surface area (Å²) in [5.41, 5.74) is 1.43. The zero-order valence-corrected chi connectivity index (χ0v) is 15.8. The number of carbonyl (C=O) groups excluding carboxylic acids is 2. The van der Waals surface area contributed by atoms with Gasteiger partial charge in [-0.2, -0.15) is 8.78 Å². The molecule has 3 rings (SSSR count). The number of para-hydroxylation sites is 1. The number of benzene rings is 2. The lowest BCUT2D eigenvalue weighted by atomic mass is 9.97. The lowest BCUT2D eigenvalue weighted by molar-refractivity contribution is -0.130. The van der Waals surface area contributed by atoms with Crippen molar-refractivity contribution in [1.29, 1.82) is 0 Å². The minimum atomic E-state index is -2.87. The first-order chi connectivity index (χ1) is 14.0. The summed E-state index contributed by atoms with van der Waals surface area (Å²) in [5, 5.41) is 2.89. The van der Waals surface area contributed by atoms with Crippen molar-refractivity contribution in [2.75, 3.05) is 18.4 Å². The van der Waals surface area contributed by atoms with E-state index in [9.17, 15) is 18.4 Å². The Morgan fingerprint density at radius 2 is 1.83 bits per heavy atom. The molecule has 29 heavy (non-hydrogen) atoms. The molecule has 0 saturated carbocycles. The molecule has 0 bridgehead atoms. The van der Waals surface area contributed by atoms with Crippen LogP contribution in [0.25, 0.3) is 6.08 Å². The zero-order chi connectivity index (χ0) is 20.6. The highest BCUT2D eigenvalue weighted by molar-refractivity contribution is 5.95. The minimum Gasteiger partial charge on any atom is -0.435 e. The van der Waals surface area contributed by atoms with E-state index in [1.54, 1.807) is 23.1 Å². The lowest BCUT2D eigenvalue weighted by Crippen LogP contribution is -2.43. The first kappa shape index (κ1) is 20.5. The second-order valence-corrected chi connectivity index (χ2v) is 6.76. The van der Waals surface area contributed by atoms with Gasteiger partial charge in [0.25, 0.3) is 0 Å². The van der Waals surface area contributed by atoms with Gasteiger partial charge in [-0.25, -0.2) is 0 Å². The monoisotopic (exact) mass is 400 g/mol. The standard InChI is InChI=1S/C22H22F2N2O3/c23-22(24)29-19-11-8-16(9-12-19)10-13-20(27)26-14-4-5-17(15-26)21(28)25-18-6-2-1-3-7-18/h1-3,6-13,17,22H,4-5,14-15H2,(H,25,28)/b13-10+/t17-/m0/s1. The van der Waals surface area contributed by atoms with Crippen LogP contribution in [-0.2, 0) is 9.59 Å². The van der Waals surface area contributed by atoms with Crippen LogP contribution < -0.4 is 10.1 Å². The van der Waals surface area contributed by atoms with Gasteiger partial charge in [0.05, 0.1) is 5.92 Å². The van der Waals surface area contributed by atoms with Gasteiger partial charge in [0.15, 0.2) is 0 Å². The third kappa shape index (κ3) is 6.14. The normalized spacial score (nSPS) is 16.8. The molecular formula is C22H22F2N2O3. The van der Waals surface area contributed by atoms with Gasteiger partial charge in [-0.15, -0.1) is 0 Å². The van der Waals surface area contributed by atoms with E-state index in [1.165, 1.54) is 18.2 Å². The predicted octanol–water partition coefficient (Wildman–Crippen LogP) is 4.18. The van der Waals surface area contributed by atoms with E-state index in [0.717, 1.165) is 18.5 Å². The van der Waals surface area contributed by atoms with Crippen molar-refractivity contribution in [3.05, 3.63) is 66.2 Å². The highest BCUT2D eigenvalue weighted by Crippen LogP contribution is 2.20. The molecule has 7 heteroatoms. The number of carbonyl (C=O) groups is 2. The third-order valence-electron chi connectivity index (χ3n) is 4.67. The van der Waals surface area contributed by atoms with E-state index in [4.69, 9.17) is 0 Å². The summed E-state index contributed by atoms with van der Waals surface area (Å²) in [5.74, 6) is -0.471. The predicted molar refractivity (Wildman–Crippen MR) is 106 cm³/mol. The molecular weight excluding hydrogens is 378 g/mol. The second kappa shape index (κ2) is 9.82. The molecule has 0 unspecified atom stereocenters. The summed E-state index contributed by atoms with van der Waals surface area (Å²) in [6.45, 7) is -1.91. The maximum absolute atomic E-state index is 12.5. The van der Waals surface area contributed by atoms with Gasteiger partial charge in [-0.3, -0.25) is 9.59 Å². The largest absolute Gasteiger partial charge is 0.435 e. The summed E-state index contributed by atoms with van der Waals surface area (Å²) in [6.07, 6.45) is 4.53. The van der Waals surface area contributed by atoms with Crippen molar-refractivity contribution in [1.82, 2.24) is 4.90 Å². The summed E-state index contributed by atoms with van der Waals surface area (Å²) >= 11 is 0. The van der Waals surface area contributed by atoms with E-state index in [0.29, 0.717) is 18.7 Å². The van der Waals surface area contributed by atoms with Crippen molar-refractivity contribution >= 4 is 23.6 Å². The number of amides is 2. The fourth-order valence-electron chi connectivity index (χ4n) is 3.19. The van der Waals surface area contributed by atoms with Gasteiger partial charge in [0, 0.05) is 24.9 Å². The highest BCUT2D eigenvalue weighted by Gasteiger charge is 2.27. The summed E-state index contributed by atoms with van der Waals surface area (Å²) in [4.78, 5) is 26.6. The first-order valence-electron chi connectivity index (χ1n) is 9.39. The van der Waals surface area contributed by atoms with E-state index < -0.39 is 6.61 Å². The van der Waals surface area contributed by atoms with Crippen LogP contribution >= 0.6 is 0 Å². The summed E-state index contributed by atoms with van der Waals surface area (Å²) in [7, 11) is 0. The Balaban J connectivity index is 1.55. The SMILES string of the molecule is O=C(Nc1ccccc1)[C@H]1CCCN(C(=O)/C=C/c2ccc(OC(F)F)cc2)C1. The van der Waals surface area contributed by atoms with Gasteiger partial charge in [0.2, 0.25) is 11.8 Å². The Morgan fingerprint density at radius 3 is 2.52 bits per heavy atom. The molecule has 0 radical (unpaired) electrons. The Labute approximate surface area is 168 Å². The van der Waals surface area contributed by atoms with Gasteiger partial charge in [-0.05, 0) is 48.7 Å². The molecule has 2 amide bonds. The Kier molecular flexibility index (Phi) is 6.94. The van der Waals surface area contributed by atoms with Gasteiger partial charge >= 0.3 is 6.61 Å². The molecule has 1 aliphatic heterocycles. The molecule has 5 nitrogen and oxygen atoms in total. The van der Waals surface area contributed by atoms with Crippen molar-refractivity contribution < 1.29 is 23.1 Å². The quantitative estimate of drug-likeness (QED) is 0.740. The smallest absolute Gasteiger partial charge is 0.387 e. The summed E-state index contributed by atoms with van der Waals surface area (Å²) in [6, 6.07) is 15.2. The van der Waals surface area contributed by atoms with Crippen LogP contribution in [0.5, 0.6) is 5.75 Å². The molecule has 1 fully saturated rings. The first-order valence-corrected chi connectivity index (χ1v) is 9.39. The van der Waals surface area contributed by atoms with E-state index in [1.807, 2.05) is 30.3 Å². The highest BCUT2D eigenvalue weighted by atomic mass is 19.3. The number of anilines is 1. The molecule has 1 aliphatic rings. The Morgan fingerprint density at radius 1 is 1.10 bits per heavy atom. The van der Waals surface area contributed by atoms with Gasteiger partial charge < -0.3 is 15.0 Å². The zero-order valence-electron chi connectivity index (χ0n) is 15.8. The Bertz CT molecular complexity index is 854. The molecule has 1 atom stereocenters. The van der Waals surface area contributed by atoms with Gasteiger partial charge in [0.1, 0.15) is 5.75 Å². The van der Waals surface area contributed by atoms with Crippen LogP contribution in [0, 0.1) is 5.92 Å². The molecule has 0 aliphatic carbocycles. The molecule has 1 saturated heterocycles. The topological polar surface area (TPSA) is 58.6 Å². The van der Waals surface area contributed by atoms with Crippen LogP contribution in [0.3, 0.4) is 0 Å². The van der Waals surface area contributed by atoms with Crippen molar-refractivity contribution in [2.45, 2.75) is 19.5 Å². The number of likely N-dealkylation sites (tertiary alicyclic amines) is 1. The second-order valence-electron chi connectivity index (χ2n) is 6.76. The van der Waals surface area contributed by atoms with E-state index in [2.05, 4.69) is 10.1 Å². The number of piperidine rings is 1. The van der Waals surface area contributed by atoms with E-state index in [-0.39, 0.29) is 23.5 Å². The van der Waals surface area contributed by atoms with Crippen LogP contribution in [0.2, 0.25) is 0 Å². The maximum atomic E-state index is 12.5. The van der Waals surface area contributed by atoms with Crippen molar-refractivity contribution in [3.63, 3.8) is 0 Å². The molecule has 2 aromatic rings. The number of nitrogens with zero attached hydrogens (tertiary/aromatic N) is 1. The van der Waals surface area contributed by atoms with Crippen molar-refractivity contribution in [3.8, 4) is 5.75 Å². The fourth-order valence-corrected chi connectivity index (χ4v) is 3.19. The molecule has 0 spiro atoms. The molecule has 152 valence electrons. The van der Waals surface area contributed by atoms with E-state index >= 15 is 0 Å². The number of ether oxygens (including phenoxy) is 1.